The van der Waals surface area contributed by atoms with Crippen molar-refractivity contribution >= 4 is 11.9 Å². The standard InChI is InChI=1S/C19H22N2O4/c1-15-4-2-5-16(12-15)13-20-7-9-21(10-8-20)18(22)14-25-19(23)17-6-3-11-24-17/h2-6,11-12H,7-10,13-14H2,1H3. The average Bonchev–Trinajstić information content (AvgIpc) is 3.15. The van der Waals surface area contributed by atoms with E-state index in [1.165, 1.54) is 23.5 Å². The Bertz CT molecular complexity index is 719. The van der Waals surface area contributed by atoms with Crippen molar-refractivity contribution in [2.24, 2.45) is 0 Å². The minimum Gasteiger partial charge on any atom is -0.457 e. The van der Waals surface area contributed by atoms with Crippen LogP contribution < -0.4 is 0 Å². The van der Waals surface area contributed by atoms with E-state index in [9.17, 15) is 9.59 Å². The van der Waals surface area contributed by atoms with Crippen LogP contribution in [0.25, 0.3) is 0 Å². The fourth-order valence-corrected chi connectivity index (χ4v) is 2.91. The van der Waals surface area contributed by atoms with Crippen LogP contribution in [0, 0.1) is 6.92 Å². The summed E-state index contributed by atoms with van der Waals surface area (Å²) in [7, 11) is 0. The molecule has 1 aromatic heterocycles. The molecule has 1 amide bonds. The summed E-state index contributed by atoms with van der Waals surface area (Å²) < 4.78 is 9.95. The Morgan fingerprint density at radius 3 is 2.60 bits per heavy atom. The lowest BCUT2D eigenvalue weighted by atomic mass is 10.1. The predicted molar refractivity (Wildman–Crippen MR) is 92.0 cm³/mol. The van der Waals surface area contributed by atoms with E-state index in [2.05, 4.69) is 36.1 Å². The van der Waals surface area contributed by atoms with Crippen LogP contribution in [0.3, 0.4) is 0 Å². The van der Waals surface area contributed by atoms with Crippen LogP contribution in [0.2, 0.25) is 0 Å². The lowest BCUT2D eigenvalue weighted by Gasteiger charge is -2.34. The smallest absolute Gasteiger partial charge is 0.374 e. The number of aryl methyl sites for hydroxylation is 1. The Hall–Kier alpha value is -2.60. The van der Waals surface area contributed by atoms with E-state index in [4.69, 9.17) is 9.15 Å². The van der Waals surface area contributed by atoms with E-state index in [0.29, 0.717) is 13.1 Å². The molecule has 6 nitrogen and oxygen atoms in total. The van der Waals surface area contributed by atoms with Gasteiger partial charge < -0.3 is 14.1 Å². The minimum atomic E-state index is -0.614. The zero-order chi connectivity index (χ0) is 17.6. The Labute approximate surface area is 147 Å². The number of piperazine rings is 1. The van der Waals surface area contributed by atoms with Gasteiger partial charge in [0.2, 0.25) is 5.76 Å². The van der Waals surface area contributed by atoms with Gasteiger partial charge in [-0.05, 0) is 24.6 Å². The first kappa shape index (κ1) is 17.2. The maximum atomic E-state index is 12.2. The van der Waals surface area contributed by atoms with E-state index in [0.717, 1.165) is 19.6 Å². The normalized spacial score (nSPS) is 15.2. The lowest BCUT2D eigenvalue weighted by Crippen LogP contribution is -2.49. The molecule has 25 heavy (non-hydrogen) atoms. The van der Waals surface area contributed by atoms with Gasteiger partial charge >= 0.3 is 5.97 Å². The van der Waals surface area contributed by atoms with Gasteiger partial charge in [0.25, 0.3) is 5.91 Å². The molecular formula is C19H22N2O4. The van der Waals surface area contributed by atoms with Crippen molar-refractivity contribution in [3.05, 3.63) is 59.5 Å². The highest BCUT2D eigenvalue weighted by atomic mass is 16.5. The van der Waals surface area contributed by atoms with E-state index in [1.54, 1.807) is 11.0 Å². The molecular weight excluding hydrogens is 320 g/mol. The molecule has 0 saturated carbocycles. The molecule has 1 saturated heterocycles. The second kappa shape index (κ2) is 7.98. The van der Waals surface area contributed by atoms with Gasteiger partial charge in [0.05, 0.1) is 6.26 Å². The number of furan rings is 1. The molecule has 0 aliphatic carbocycles. The highest BCUT2D eigenvalue weighted by molar-refractivity contribution is 5.88. The third kappa shape index (κ3) is 4.70. The van der Waals surface area contributed by atoms with Crippen molar-refractivity contribution in [3.63, 3.8) is 0 Å². The van der Waals surface area contributed by atoms with Gasteiger partial charge in [-0.15, -0.1) is 0 Å². The number of rotatable bonds is 5. The largest absolute Gasteiger partial charge is 0.457 e. The number of carbonyl (C=O) groups is 2. The van der Waals surface area contributed by atoms with Crippen LogP contribution in [-0.2, 0) is 16.1 Å². The number of carbonyl (C=O) groups excluding carboxylic acids is 2. The van der Waals surface area contributed by atoms with Crippen LogP contribution in [0.4, 0.5) is 0 Å². The summed E-state index contributed by atoms with van der Waals surface area (Å²) in [6, 6.07) is 11.6. The molecule has 2 aromatic rings. The number of benzene rings is 1. The minimum absolute atomic E-state index is 0.107. The molecule has 1 aliphatic heterocycles. The van der Waals surface area contributed by atoms with Crippen molar-refractivity contribution in [1.29, 1.82) is 0 Å². The first-order valence-electron chi connectivity index (χ1n) is 8.38. The summed E-state index contributed by atoms with van der Waals surface area (Å²) in [5.74, 6) is -0.678. The van der Waals surface area contributed by atoms with Crippen LogP contribution in [0.5, 0.6) is 0 Å². The highest BCUT2D eigenvalue weighted by Gasteiger charge is 2.22. The summed E-state index contributed by atoms with van der Waals surface area (Å²) in [4.78, 5) is 27.9. The van der Waals surface area contributed by atoms with Crippen LogP contribution in [-0.4, -0.2) is 54.5 Å². The van der Waals surface area contributed by atoms with E-state index in [1.807, 2.05) is 0 Å². The Morgan fingerprint density at radius 1 is 1.12 bits per heavy atom. The Morgan fingerprint density at radius 2 is 1.92 bits per heavy atom. The fourth-order valence-electron chi connectivity index (χ4n) is 2.91. The summed E-state index contributed by atoms with van der Waals surface area (Å²) in [6.45, 7) is 5.63. The molecule has 1 aromatic carbocycles. The first-order valence-corrected chi connectivity index (χ1v) is 8.38. The van der Waals surface area contributed by atoms with Crippen molar-refractivity contribution in [3.8, 4) is 0 Å². The summed E-state index contributed by atoms with van der Waals surface area (Å²) in [5.41, 5.74) is 2.54. The summed E-state index contributed by atoms with van der Waals surface area (Å²) in [6.07, 6.45) is 1.39. The highest BCUT2D eigenvalue weighted by Crippen LogP contribution is 2.11. The quantitative estimate of drug-likeness (QED) is 0.779. The van der Waals surface area contributed by atoms with Gasteiger partial charge in [0, 0.05) is 32.7 Å². The number of hydrogen-bond donors (Lipinski definition) is 0. The zero-order valence-electron chi connectivity index (χ0n) is 14.3. The topological polar surface area (TPSA) is 63.0 Å². The lowest BCUT2D eigenvalue weighted by molar-refractivity contribution is -0.136. The summed E-state index contributed by atoms with van der Waals surface area (Å²) >= 11 is 0. The van der Waals surface area contributed by atoms with Crippen LogP contribution >= 0.6 is 0 Å². The number of esters is 1. The number of amides is 1. The maximum absolute atomic E-state index is 12.2. The fraction of sp³-hybridized carbons (Fsp3) is 0.368. The Balaban J connectivity index is 1.42. The van der Waals surface area contributed by atoms with Crippen molar-refractivity contribution in [1.82, 2.24) is 9.80 Å². The summed E-state index contributed by atoms with van der Waals surface area (Å²) in [5, 5.41) is 0. The van der Waals surface area contributed by atoms with Gasteiger partial charge in [-0.1, -0.05) is 29.8 Å². The van der Waals surface area contributed by atoms with Crippen molar-refractivity contribution in [2.75, 3.05) is 32.8 Å². The molecule has 0 bridgehead atoms. The average molecular weight is 342 g/mol. The number of nitrogens with zero attached hydrogens (tertiary/aromatic N) is 2. The molecule has 1 fully saturated rings. The second-order valence-electron chi connectivity index (χ2n) is 6.20. The molecule has 0 atom stereocenters. The van der Waals surface area contributed by atoms with E-state index < -0.39 is 5.97 Å². The Kier molecular flexibility index (Phi) is 5.50. The molecule has 2 heterocycles. The van der Waals surface area contributed by atoms with Crippen molar-refractivity contribution in [2.45, 2.75) is 13.5 Å². The van der Waals surface area contributed by atoms with Gasteiger partial charge in [-0.2, -0.15) is 0 Å². The van der Waals surface area contributed by atoms with Gasteiger partial charge in [-0.3, -0.25) is 9.69 Å². The van der Waals surface area contributed by atoms with Gasteiger partial charge in [-0.25, -0.2) is 4.79 Å². The second-order valence-corrected chi connectivity index (χ2v) is 6.20. The van der Waals surface area contributed by atoms with Gasteiger partial charge in [0.1, 0.15) is 0 Å². The third-order valence-electron chi connectivity index (χ3n) is 4.26. The molecule has 3 rings (SSSR count). The number of ether oxygens (including phenoxy) is 1. The third-order valence-corrected chi connectivity index (χ3v) is 4.26. The molecule has 1 aliphatic rings. The number of hydrogen-bond acceptors (Lipinski definition) is 5. The zero-order valence-corrected chi connectivity index (χ0v) is 14.3. The van der Waals surface area contributed by atoms with Crippen molar-refractivity contribution < 1.29 is 18.7 Å². The molecule has 132 valence electrons. The van der Waals surface area contributed by atoms with Crippen LogP contribution in [0.15, 0.2) is 47.1 Å². The van der Waals surface area contributed by atoms with E-state index >= 15 is 0 Å². The van der Waals surface area contributed by atoms with Gasteiger partial charge in [0.15, 0.2) is 6.61 Å². The van der Waals surface area contributed by atoms with Crippen LogP contribution in [0.1, 0.15) is 21.7 Å². The molecule has 0 spiro atoms. The van der Waals surface area contributed by atoms with E-state index in [-0.39, 0.29) is 18.3 Å². The molecule has 0 unspecified atom stereocenters. The first-order chi connectivity index (χ1) is 12.1. The molecule has 0 radical (unpaired) electrons. The monoisotopic (exact) mass is 342 g/mol. The maximum Gasteiger partial charge on any atom is 0.374 e. The molecule has 0 N–H and O–H groups in total. The molecule has 6 heteroatoms. The SMILES string of the molecule is Cc1cccc(CN2CCN(C(=O)COC(=O)c3ccco3)CC2)c1. The predicted octanol–water partition coefficient (Wildman–Crippen LogP) is 2.09.